The molecule has 1 fully saturated rings. The Kier molecular flexibility index (Phi) is 2.54. The first-order chi connectivity index (χ1) is 6.75. The number of hydrogen-bond donors (Lipinski definition) is 3. The van der Waals surface area contributed by atoms with Crippen LogP contribution < -0.4 is 11.1 Å². The normalized spacial score (nSPS) is 25.5. The minimum absolute atomic E-state index is 0.0865. The van der Waals surface area contributed by atoms with E-state index in [0.29, 0.717) is 11.6 Å². The Morgan fingerprint density at radius 2 is 2.36 bits per heavy atom. The molecule has 0 aliphatic heterocycles. The van der Waals surface area contributed by atoms with Gasteiger partial charge in [0.1, 0.15) is 0 Å². The molecule has 4 N–H and O–H groups in total. The summed E-state index contributed by atoms with van der Waals surface area (Å²) in [5, 5.41) is 12.4. The molecule has 0 saturated heterocycles. The molecule has 0 radical (unpaired) electrons. The van der Waals surface area contributed by atoms with Gasteiger partial charge in [-0.25, -0.2) is 0 Å². The van der Waals surface area contributed by atoms with Crippen LogP contribution in [0.1, 0.15) is 12.8 Å². The first-order valence-corrected chi connectivity index (χ1v) is 4.87. The molecule has 1 saturated carbocycles. The lowest BCUT2D eigenvalue weighted by Gasteiger charge is -2.31. The highest BCUT2D eigenvalue weighted by Gasteiger charge is 2.26. The largest absolute Gasteiger partial charge is 0.396 e. The zero-order valence-electron chi connectivity index (χ0n) is 7.98. The van der Waals surface area contributed by atoms with Crippen LogP contribution in [-0.2, 0) is 0 Å². The molecule has 4 heteroatoms. The van der Waals surface area contributed by atoms with E-state index in [0.717, 1.165) is 25.1 Å². The third-order valence-corrected chi connectivity index (χ3v) is 2.64. The highest BCUT2D eigenvalue weighted by Crippen LogP contribution is 2.27. The van der Waals surface area contributed by atoms with Crippen LogP contribution in [-0.4, -0.2) is 22.7 Å². The van der Waals surface area contributed by atoms with E-state index in [1.807, 2.05) is 6.07 Å². The maximum atomic E-state index is 9.11. The second-order valence-electron chi connectivity index (χ2n) is 3.84. The third kappa shape index (κ3) is 1.96. The first-order valence-electron chi connectivity index (χ1n) is 4.87. The Balaban J connectivity index is 1.83. The van der Waals surface area contributed by atoms with Crippen LogP contribution in [0.25, 0.3) is 0 Å². The summed E-state index contributed by atoms with van der Waals surface area (Å²) in [6.07, 6.45) is 5.07. The van der Waals surface area contributed by atoms with Crippen molar-refractivity contribution in [1.82, 2.24) is 4.98 Å². The molecule has 2 rings (SSSR count). The molecule has 0 bridgehead atoms. The predicted octanol–water partition coefficient (Wildman–Crippen LogP) is 0.847. The number of hydrogen-bond acceptors (Lipinski definition) is 4. The standard InChI is InChI=1S/C10H15N3O/c11-9-6-12-2-1-10(9)13-5-7-3-8(14)4-7/h1-2,6-8,14H,3-5,11H2,(H,12,13). The van der Waals surface area contributed by atoms with Gasteiger partial charge in [0.15, 0.2) is 0 Å². The van der Waals surface area contributed by atoms with Crippen LogP contribution in [0.3, 0.4) is 0 Å². The lowest BCUT2D eigenvalue weighted by molar-refractivity contribution is 0.0487. The Bertz CT molecular complexity index is 310. The van der Waals surface area contributed by atoms with Crippen molar-refractivity contribution in [2.45, 2.75) is 18.9 Å². The molecule has 4 nitrogen and oxygen atoms in total. The van der Waals surface area contributed by atoms with Crippen molar-refractivity contribution >= 4 is 11.4 Å². The van der Waals surface area contributed by atoms with Gasteiger partial charge in [0.25, 0.3) is 0 Å². The number of nitrogens with zero attached hydrogens (tertiary/aromatic N) is 1. The van der Waals surface area contributed by atoms with Gasteiger partial charge in [-0.2, -0.15) is 0 Å². The second-order valence-corrected chi connectivity index (χ2v) is 3.84. The molecular formula is C10H15N3O. The summed E-state index contributed by atoms with van der Waals surface area (Å²) in [5.74, 6) is 0.581. The maximum Gasteiger partial charge on any atom is 0.0736 e. The van der Waals surface area contributed by atoms with Gasteiger partial charge in [-0.15, -0.1) is 0 Å². The van der Waals surface area contributed by atoms with Crippen molar-refractivity contribution < 1.29 is 5.11 Å². The lowest BCUT2D eigenvalue weighted by atomic mass is 9.82. The van der Waals surface area contributed by atoms with Crippen LogP contribution >= 0.6 is 0 Å². The molecule has 0 spiro atoms. The van der Waals surface area contributed by atoms with Crippen molar-refractivity contribution in [3.63, 3.8) is 0 Å². The Morgan fingerprint density at radius 3 is 3.00 bits per heavy atom. The van der Waals surface area contributed by atoms with E-state index in [-0.39, 0.29) is 6.10 Å². The maximum absolute atomic E-state index is 9.11. The van der Waals surface area contributed by atoms with Crippen LogP contribution in [0, 0.1) is 5.92 Å². The van der Waals surface area contributed by atoms with E-state index in [4.69, 9.17) is 10.8 Å². The van der Waals surface area contributed by atoms with Gasteiger partial charge in [0, 0.05) is 12.7 Å². The van der Waals surface area contributed by atoms with Crippen molar-refractivity contribution in [1.29, 1.82) is 0 Å². The van der Waals surface area contributed by atoms with E-state index >= 15 is 0 Å². The number of nitrogen functional groups attached to an aromatic ring is 1. The van der Waals surface area contributed by atoms with Gasteiger partial charge < -0.3 is 16.2 Å². The summed E-state index contributed by atoms with van der Waals surface area (Å²) in [6.45, 7) is 0.880. The molecule has 0 atom stereocenters. The fraction of sp³-hybridized carbons (Fsp3) is 0.500. The van der Waals surface area contributed by atoms with Gasteiger partial charge in [-0.1, -0.05) is 0 Å². The smallest absolute Gasteiger partial charge is 0.0736 e. The Hall–Kier alpha value is -1.29. The van der Waals surface area contributed by atoms with E-state index in [2.05, 4.69) is 10.3 Å². The molecule has 1 aliphatic rings. The molecule has 1 aliphatic carbocycles. The van der Waals surface area contributed by atoms with Gasteiger partial charge in [0.05, 0.1) is 23.7 Å². The van der Waals surface area contributed by atoms with Crippen LogP contribution in [0.2, 0.25) is 0 Å². The number of pyridine rings is 1. The lowest BCUT2D eigenvalue weighted by Crippen LogP contribution is -2.33. The molecule has 1 heterocycles. The van der Waals surface area contributed by atoms with E-state index in [1.54, 1.807) is 12.4 Å². The van der Waals surface area contributed by atoms with Crippen molar-refractivity contribution in [3.8, 4) is 0 Å². The summed E-state index contributed by atoms with van der Waals surface area (Å²) in [6, 6.07) is 1.87. The number of aliphatic hydroxyl groups excluding tert-OH is 1. The Morgan fingerprint density at radius 1 is 1.57 bits per heavy atom. The molecule has 1 aromatic heterocycles. The van der Waals surface area contributed by atoms with Crippen molar-refractivity contribution in [2.24, 2.45) is 5.92 Å². The quantitative estimate of drug-likeness (QED) is 0.665. The van der Waals surface area contributed by atoms with Gasteiger partial charge in [0.2, 0.25) is 0 Å². The predicted molar refractivity (Wildman–Crippen MR) is 55.9 cm³/mol. The molecule has 0 unspecified atom stereocenters. The zero-order chi connectivity index (χ0) is 9.97. The number of aromatic nitrogens is 1. The highest BCUT2D eigenvalue weighted by molar-refractivity contribution is 5.64. The molecule has 1 aromatic rings. The van der Waals surface area contributed by atoms with Crippen LogP contribution in [0.5, 0.6) is 0 Å². The van der Waals surface area contributed by atoms with Crippen molar-refractivity contribution in [2.75, 3.05) is 17.6 Å². The fourth-order valence-electron chi connectivity index (χ4n) is 1.69. The zero-order valence-corrected chi connectivity index (χ0v) is 7.98. The average Bonchev–Trinajstić information content (AvgIpc) is 2.13. The minimum atomic E-state index is -0.0865. The number of nitrogens with one attached hydrogen (secondary N) is 1. The number of anilines is 2. The topological polar surface area (TPSA) is 71.2 Å². The molecular weight excluding hydrogens is 178 g/mol. The fourth-order valence-corrected chi connectivity index (χ4v) is 1.69. The molecule has 0 amide bonds. The average molecular weight is 193 g/mol. The monoisotopic (exact) mass is 193 g/mol. The third-order valence-electron chi connectivity index (χ3n) is 2.64. The number of nitrogens with two attached hydrogens (primary N) is 1. The van der Waals surface area contributed by atoms with Gasteiger partial charge in [-0.3, -0.25) is 4.98 Å². The Labute approximate surface area is 83.2 Å². The number of rotatable bonds is 3. The van der Waals surface area contributed by atoms with Gasteiger partial charge >= 0.3 is 0 Å². The summed E-state index contributed by atoms with van der Waals surface area (Å²) in [4.78, 5) is 3.91. The van der Waals surface area contributed by atoms with Gasteiger partial charge in [-0.05, 0) is 24.8 Å². The second kappa shape index (κ2) is 3.84. The summed E-state index contributed by atoms with van der Waals surface area (Å²) >= 11 is 0. The van der Waals surface area contributed by atoms with E-state index in [9.17, 15) is 0 Å². The molecule has 0 aromatic carbocycles. The molecule has 76 valence electrons. The van der Waals surface area contributed by atoms with E-state index in [1.165, 1.54) is 0 Å². The summed E-state index contributed by atoms with van der Waals surface area (Å²) in [7, 11) is 0. The first kappa shape index (κ1) is 9.27. The van der Waals surface area contributed by atoms with Crippen molar-refractivity contribution in [3.05, 3.63) is 18.5 Å². The molecule has 14 heavy (non-hydrogen) atoms. The van der Waals surface area contributed by atoms with Crippen LogP contribution in [0.4, 0.5) is 11.4 Å². The highest BCUT2D eigenvalue weighted by atomic mass is 16.3. The number of aliphatic hydroxyl groups is 1. The SMILES string of the molecule is Nc1cnccc1NCC1CC(O)C1. The minimum Gasteiger partial charge on any atom is -0.396 e. The summed E-state index contributed by atoms with van der Waals surface area (Å²) < 4.78 is 0. The summed E-state index contributed by atoms with van der Waals surface area (Å²) in [5.41, 5.74) is 7.32. The van der Waals surface area contributed by atoms with E-state index < -0.39 is 0 Å². The van der Waals surface area contributed by atoms with Crippen LogP contribution in [0.15, 0.2) is 18.5 Å².